The third kappa shape index (κ3) is 7.39. The van der Waals surface area contributed by atoms with Crippen LogP contribution in [0, 0.1) is 23.2 Å². The van der Waals surface area contributed by atoms with Crippen molar-refractivity contribution in [3.8, 4) is 6.07 Å². The van der Waals surface area contributed by atoms with Gasteiger partial charge in [0.1, 0.15) is 24.2 Å². The molecule has 13 heteroatoms. The number of nitrogens with one attached hydrogen (secondary N) is 1. The number of amides is 1. The van der Waals surface area contributed by atoms with Crippen molar-refractivity contribution >= 4 is 40.7 Å². The minimum Gasteiger partial charge on any atom is -0.481 e. The number of fused-ring (bicyclic) bond motifs is 1. The summed E-state index contributed by atoms with van der Waals surface area (Å²) in [5.41, 5.74) is 0.808. The third-order valence-electron chi connectivity index (χ3n) is 5.86. The van der Waals surface area contributed by atoms with E-state index in [4.69, 9.17) is 20.6 Å². The Bertz CT molecular complexity index is 1100. The van der Waals surface area contributed by atoms with Gasteiger partial charge in [0.2, 0.25) is 5.91 Å². The molecule has 35 heavy (non-hydrogen) atoms. The highest BCUT2D eigenvalue weighted by Gasteiger charge is 2.32. The van der Waals surface area contributed by atoms with Gasteiger partial charge in [-0.25, -0.2) is 9.97 Å². The van der Waals surface area contributed by atoms with E-state index in [1.165, 1.54) is 0 Å². The molecule has 0 saturated carbocycles. The summed E-state index contributed by atoms with van der Waals surface area (Å²) in [6, 6.07) is 4.07. The number of rotatable bonds is 8. The van der Waals surface area contributed by atoms with E-state index in [1.54, 1.807) is 11.2 Å². The fraction of sp³-hybridized carbons (Fsp3) is 0.500. The first-order chi connectivity index (χ1) is 16.5. The number of carboxylic acid groups (broad SMARTS) is 3. The number of aliphatic carboxylic acids is 3. The molecule has 2 aromatic heterocycles. The van der Waals surface area contributed by atoms with Crippen molar-refractivity contribution in [1.82, 2.24) is 19.9 Å². The van der Waals surface area contributed by atoms with Crippen LogP contribution in [0.5, 0.6) is 0 Å². The number of anilines is 1. The molecule has 1 amide bonds. The number of H-pyrrole nitrogens is 1. The number of hydrogen-bond donors (Lipinski definition) is 4. The zero-order chi connectivity index (χ0) is 26.1. The number of carbonyl (C=O) groups excluding carboxylic acids is 1. The van der Waals surface area contributed by atoms with Crippen LogP contribution in [-0.4, -0.2) is 85.2 Å². The van der Waals surface area contributed by atoms with E-state index in [0.29, 0.717) is 12.5 Å². The second-order valence-corrected chi connectivity index (χ2v) is 8.29. The Morgan fingerprint density at radius 3 is 2.46 bits per heavy atom. The Labute approximate surface area is 201 Å². The second-order valence-electron chi connectivity index (χ2n) is 8.29. The quantitative estimate of drug-likeness (QED) is 0.415. The first kappa shape index (κ1) is 27.0. The molecular formula is C22H28N6O7. The number of carbonyl (C=O) groups is 4. The van der Waals surface area contributed by atoms with Crippen LogP contribution in [0.2, 0.25) is 0 Å². The molecule has 2 aromatic rings. The highest BCUT2D eigenvalue weighted by atomic mass is 16.4. The Morgan fingerprint density at radius 1 is 1.23 bits per heavy atom. The summed E-state index contributed by atoms with van der Waals surface area (Å²) < 4.78 is 0. The average Bonchev–Trinajstić information content (AvgIpc) is 3.27. The Kier molecular flexibility index (Phi) is 9.51. The maximum Gasteiger partial charge on any atom is 0.307 e. The molecule has 0 bridgehead atoms. The summed E-state index contributed by atoms with van der Waals surface area (Å²) >= 11 is 0. The number of likely N-dealkylation sites (N-methyl/N-ethyl adjacent to an activating group) is 1. The zero-order valence-electron chi connectivity index (χ0n) is 19.4. The molecule has 0 spiro atoms. The van der Waals surface area contributed by atoms with Gasteiger partial charge in [0, 0.05) is 26.3 Å². The number of aromatic nitrogens is 3. The van der Waals surface area contributed by atoms with Gasteiger partial charge in [0.15, 0.2) is 0 Å². The summed E-state index contributed by atoms with van der Waals surface area (Å²) in [4.78, 5) is 58.0. The van der Waals surface area contributed by atoms with Crippen LogP contribution in [-0.2, 0) is 19.2 Å². The lowest BCUT2D eigenvalue weighted by Gasteiger charge is -2.42. The predicted molar refractivity (Wildman–Crippen MR) is 122 cm³/mol. The monoisotopic (exact) mass is 488 g/mol. The highest BCUT2D eigenvalue weighted by Crippen LogP contribution is 2.28. The fourth-order valence-electron chi connectivity index (χ4n) is 3.92. The van der Waals surface area contributed by atoms with Gasteiger partial charge in [-0.2, -0.15) is 5.26 Å². The maximum absolute atomic E-state index is 12.0. The molecule has 1 aliphatic rings. The van der Waals surface area contributed by atoms with Crippen molar-refractivity contribution < 1.29 is 34.5 Å². The normalized spacial score (nSPS) is 17.3. The second kappa shape index (κ2) is 12.3. The minimum atomic E-state index is -1.40. The number of carboxylic acids is 3. The molecule has 1 saturated heterocycles. The van der Waals surface area contributed by atoms with Crippen LogP contribution in [0.25, 0.3) is 11.0 Å². The zero-order valence-corrected chi connectivity index (χ0v) is 19.4. The van der Waals surface area contributed by atoms with Gasteiger partial charge in [-0.3, -0.25) is 19.2 Å². The van der Waals surface area contributed by atoms with Crippen molar-refractivity contribution in [3.05, 3.63) is 18.6 Å². The molecule has 188 valence electrons. The number of hydrogen-bond acceptors (Lipinski definition) is 8. The van der Waals surface area contributed by atoms with Gasteiger partial charge in [0.25, 0.3) is 0 Å². The first-order valence-electron chi connectivity index (χ1n) is 10.9. The van der Waals surface area contributed by atoms with Crippen molar-refractivity contribution in [2.24, 2.45) is 11.8 Å². The lowest BCUT2D eigenvalue weighted by molar-refractivity contribution is -0.152. The molecule has 3 heterocycles. The van der Waals surface area contributed by atoms with Crippen LogP contribution in [0.4, 0.5) is 5.82 Å². The van der Waals surface area contributed by atoms with Crippen LogP contribution >= 0.6 is 0 Å². The number of nitriles is 1. The standard InChI is InChI=1S/C16H20N6O.C6H8O6/c1-11-5-8-22(14(23)3-6-17)9-13(11)21(2)16-12-4-7-18-15(12)19-10-20-16;7-4(8)1-3(6(11)12)2-5(9)10/h4,7,10-11,13H,3,5,8-9H2,1-2H3,(H,18,19,20);3H,1-2H2,(H,7,8)(H,9,10)(H,11,12)/t11-,13-;/m1./s1. The minimum absolute atomic E-state index is 0.0552. The predicted octanol–water partition coefficient (Wildman–Crippen LogP) is 1.18. The smallest absolute Gasteiger partial charge is 0.307 e. The van der Waals surface area contributed by atoms with Crippen LogP contribution in [0.1, 0.15) is 32.6 Å². The van der Waals surface area contributed by atoms with Gasteiger partial charge in [-0.1, -0.05) is 6.92 Å². The Hall–Kier alpha value is -4.21. The van der Waals surface area contributed by atoms with E-state index in [-0.39, 0.29) is 18.4 Å². The molecule has 0 unspecified atom stereocenters. The number of aromatic amines is 1. The molecule has 1 aliphatic heterocycles. The van der Waals surface area contributed by atoms with E-state index in [2.05, 4.69) is 26.8 Å². The molecule has 4 N–H and O–H groups in total. The fourth-order valence-corrected chi connectivity index (χ4v) is 3.92. The van der Waals surface area contributed by atoms with Gasteiger partial charge in [-0.05, 0) is 18.4 Å². The molecule has 0 aliphatic carbocycles. The van der Waals surface area contributed by atoms with Crippen LogP contribution in [0.3, 0.4) is 0 Å². The average molecular weight is 489 g/mol. The summed E-state index contributed by atoms with van der Waals surface area (Å²) in [5, 5.41) is 34.4. The van der Waals surface area contributed by atoms with Crippen LogP contribution < -0.4 is 4.90 Å². The maximum atomic E-state index is 12.0. The van der Waals surface area contributed by atoms with Gasteiger partial charge in [-0.15, -0.1) is 0 Å². The first-order valence-corrected chi connectivity index (χ1v) is 10.9. The molecule has 3 rings (SSSR count). The summed E-state index contributed by atoms with van der Waals surface area (Å²) in [5.74, 6) is -4.17. The molecule has 13 nitrogen and oxygen atoms in total. The Morgan fingerprint density at radius 2 is 1.89 bits per heavy atom. The van der Waals surface area contributed by atoms with Crippen molar-refractivity contribution in [2.45, 2.75) is 38.6 Å². The van der Waals surface area contributed by atoms with Crippen molar-refractivity contribution in [3.63, 3.8) is 0 Å². The van der Waals surface area contributed by atoms with E-state index >= 15 is 0 Å². The molecule has 0 radical (unpaired) electrons. The SMILES string of the molecule is C[C@@H]1CCN(C(=O)CC#N)C[C@H]1N(C)c1ncnc2[nH]ccc12.O=C(O)CC(CC(=O)O)C(=O)O. The Balaban J connectivity index is 0.000000307. The lowest BCUT2D eigenvalue weighted by atomic mass is 9.92. The van der Waals surface area contributed by atoms with E-state index in [9.17, 15) is 19.2 Å². The molecule has 1 fully saturated rings. The van der Waals surface area contributed by atoms with Crippen molar-refractivity contribution in [2.75, 3.05) is 25.0 Å². The highest BCUT2D eigenvalue weighted by molar-refractivity contribution is 5.87. The number of likely N-dealkylation sites (tertiary alicyclic amines) is 1. The number of nitrogens with zero attached hydrogens (tertiary/aromatic N) is 5. The van der Waals surface area contributed by atoms with E-state index in [1.807, 2.05) is 25.4 Å². The molecular weight excluding hydrogens is 460 g/mol. The van der Waals surface area contributed by atoms with E-state index in [0.717, 1.165) is 29.8 Å². The van der Waals surface area contributed by atoms with Crippen LogP contribution in [0.15, 0.2) is 18.6 Å². The summed E-state index contributed by atoms with van der Waals surface area (Å²) in [7, 11) is 2.01. The summed E-state index contributed by atoms with van der Waals surface area (Å²) in [6.07, 6.45) is 2.94. The largest absolute Gasteiger partial charge is 0.481 e. The topological polar surface area (TPSA) is 201 Å². The summed E-state index contributed by atoms with van der Waals surface area (Å²) in [6.45, 7) is 3.53. The molecule has 0 aromatic carbocycles. The van der Waals surface area contributed by atoms with E-state index < -0.39 is 36.7 Å². The lowest BCUT2D eigenvalue weighted by Crippen LogP contribution is -2.52. The van der Waals surface area contributed by atoms with Gasteiger partial charge in [0.05, 0.1) is 36.3 Å². The molecule has 2 atom stereocenters. The van der Waals surface area contributed by atoms with Gasteiger partial charge >= 0.3 is 17.9 Å². The number of piperidine rings is 1. The van der Waals surface area contributed by atoms with Crippen molar-refractivity contribution in [1.29, 1.82) is 5.26 Å². The third-order valence-corrected chi connectivity index (χ3v) is 5.86. The van der Waals surface area contributed by atoms with Gasteiger partial charge < -0.3 is 30.1 Å².